The van der Waals surface area contributed by atoms with E-state index in [-0.39, 0.29) is 11.8 Å². The first-order chi connectivity index (χ1) is 15.7. The molecule has 0 saturated heterocycles. The fourth-order valence-electron chi connectivity index (χ4n) is 4.11. The van der Waals surface area contributed by atoms with Crippen molar-refractivity contribution in [3.05, 3.63) is 95.9 Å². The number of aryl methyl sites for hydroxylation is 1. The van der Waals surface area contributed by atoms with Gasteiger partial charge < -0.3 is 15.0 Å². The van der Waals surface area contributed by atoms with Crippen LogP contribution in [0.3, 0.4) is 0 Å². The van der Waals surface area contributed by atoms with Crippen LogP contribution < -0.4 is 10.1 Å². The lowest BCUT2D eigenvalue weighted by Gasteiger charge is -2.17. The summed E-state index contributed by atoms with van der Waals surface area (Å²) in [7, 11) is 1.68. The number of H-pyrrole nitrogens is 1. The zero-order valence-corrected chi connectivity index (χ0v) is 18.4. The van der Waals surface area contributed by atoms with Crippen LogP contribution >= 0.6 is 0 Å². The van der Waals surface area contributed by atoms with Crippen LogP contribution in [0.25, 0.3) is 10.9 Å². The second-order valence-electron chi connectivity index (χ2n) is 8.00. The van der Waals surface area contributed by atoms with Gasteiger partial charge in [-0.05, 0) is 60.2 Å². The number of benzene rings is 2. The summed E-state index contributed by atoms with van der Waals surface area (Å²) in [5.41, 5.74) is 4.48. The van der Waals surface area contributed by atoms with Crippen molar-refractivity contribution in [2.45, 2.75) is 31.6 Å². The summed E-state index contributed by atoms with van der Waals surface area (Å²) in [6.07, 6.45) is 6.80. The highest BCUT2D eigenvalue weighted by atomic mass is 16.5. The molecule has 5 heteroatoms. The van der Waals surface area contributed by atoms with Crippen LogP contribution in [0.4, 0.5) is 0 Å². The summed E-state index contributed by atoms with van der Waals surface area (Å²) < 4.78 is 5.43. The van der Waals surface area contributed by atoms with Gasteiger partial charge in [-0.25, -0.2) is 0 Å². The number of nitrogens with one attached hydrogen (secondary N) is 2. The number of hydrogen-bond acceptors (Lipinski definition) is 3. The SMILES string of the molecule is COc1ccc2[nH]cc([C@@H](CCc3ccccc3)CC(=O)NCCc3ccccn3)c2c1. The maximum Gasteiger partial charge on any atom is 0.220 e. The molecule has 2 heterocycles. The highest BCUT2D eigenvalue weighted by molar-refractivity contribution is 5.86. The van der Waals surface area contributed by atoms with Crippen LogP contribution in [0.5, 0.6) is 5.75 Å². The van der Waals surface area contributed by atoms with Gasteiger partial charge in [0, 0.05) is 48.4 Å². The number of nitrogens with zero attached hydrogens (tertiary/aromatic N) is 1. The third kappa shape index (κ3) is 5.55. The molecule has 2 aromatic carbocycles. The lowest BCUT2D eigenvalue weighted by molar-refractivity contribution is -0.121. The predicted molar refractivity (Wildman–Crippen MR) is 128 cm³/mol. The lowest BCUT2D eigenvalue weighted by atomic mass is 9.89. The van der Waals surface area contributed by atoms with Gasteiger partial charge in [0.25, 0.3) is 0 Å². The average Bonchev–Trinajstić information content (AvgIpc) is 3.26. The molecule has 0 spiro atoms. The van der Waals surface area contributed by atoms with Crippen molar-refractivity contribution >= 4 is 16.8 Å². The quantitative estimate of drug-likeness (QED) is 0.373. The zero-order chi connectivity index (χ0) is 22.2. The third-order valence-electron chi connectivity index (χ3n) is 5.85. The highest BCUT2D eigenvalue weighted by Crippen LogP contribution is 2.33. The van der Waals surface area contributed by atoms with Crippen molar-refractivity contribution in [2.24, 2.45) is 0 Å². The van der Waals surface area contributed by atoms with Crippen LogP contribution in [0.1, 0.15) is 35.6 Å². The van der Waals surface area contributed by atoms with Crippen LogP contribution in [0.2, 0.25) is 0 Å². The first kappa shape index (κ1) is 21.6. The topological polar surface area (TPSA) is 67.0 Å². The van der Waals surface area contributed by atoms with Crippen molar-refractivity contribution in [2.75, 3.05) is 13.7 Å². The Morgan fingerprint density at radius 1 is 1.06 bits per heavy atom. The van der Waals surface area contributed by atoms with Crippen LogP contribution in [-0.2, 0) is 17.6 Å². The maximum atomic E-state index is 12.8. The van der Waals surface area contributed by atoms with Gasteiger partial charge in [-0.1, -0.05) is 36.4 Å². The molecule has 0 fully saturated rings. The molecule has 2 N–H and O–H groups in total. The summed E-state index contributed by atoms with van der Waals surface area (Å²) in [4.78, 5) is 20.5. The summed E-state index contributed by atoms with van der Waals surface area (Å²) in [6, 6.07) is 22.3. The first-order valence-corrected chi connectivity index (χ1v) is 11.1. The molecule has 0 aliphatic carbocycles. The number of pyridine rings is 1. The molecule has 5 nitrogen and oxygen atoms in total. The number of rotatable bonds is 10. The van der Waals surface area contributed by atoms with E-state index in [4.69, 9.17) is 4.74 Å². The van der Waals surface area contributed by atoms with E-state index in [9.17, 15) is 4.79 Å². The van der Waals surface area contributed by atoms with Gasteiger partial charge in [-0.15, -0.1) is 0 Å². The monoisotopic (exact) mass is 427 g/mol. The molecular weight excluding hydrogens is 398 g/mol. The summed E-state index contributed by atoms with van der Waals surface area (Å²) in [6.45, 7) is 0.586. The van der Waals surface area contributed by atoms with E-state index in [0.29, 0.717) is 13.0 Å². The second-order valence-corrected chi connectivity index (χ2v) is 8.00. The average molecular weight is 428 g/mol. The minimum atomic E-state index is 0.0660. The summed E-state index contributed by atoms with van der Waals surface area (Å²) in [5, 5.41) is 4.19. The molecular formula is C27H29N3O2. The molecule has 0 aliphatic rings. The van der Waals surface area contributed by atoms with Gasteiger partial charge in [0.2, 0.25) is 5.91 Å². The van der Waals surface area contributed by atoms with Crippen molar-refractivity contribution < 1.29 is 9.53 Å². The van der Waals surface area contributed by atoms with E-state index in [1.165, 1.54) is 5.56 Å². The fraction of sp³-hybridized carbons (Fsp3) is 0.259. The molecule has 0 saturated carbocycles. The number of carbonyl (C=O) groups is 1. The lowest BCUT2D eigenvalue weighted by Crippen LogP contribution is -2.27. The number of methoxy groups -OCH3 is 1. The normalized spacial score (nSPS) is 11.9. The smallest absolute Gasteiger partial charge is 0.220 e. The highest BCUT2D eigenvalue weighted by Gasteiger charge is 2.20. The van der Waals surface area contributed by atoms with Crippen LogP contribution in [-0.4, -0.2) is 29.5 Å². The molecule has 0 bridgehead atoms. The van der Waals surface area contributed by atoms with Crippen molar-refractivity contribution in [3.63, 3.8) is 0 Å². The number of aromatic nitrogens is 2. The van der Waals surface area contributed by atoms with E-state index in [0.717, 1.165) is 47.2 Å². The Kier molecular flexibility index (Phi) is 7.18. The Hall–Kier alpha value is -3.60. The van der Waals surface area contributed by atoms with E-state index in [1.54, 1.807) is 13.3 Å². The third-order valence-corrected chi connectivity index (χ3v) is 5.85. The fourth-order valence-corrected chi connectivity index (χ4v) is 4.11. The van der Waals surface area contributed by atoms with Crippen molar-refractivity contribution in [1.82, 2.24) is 15.3 Å². The van der Waals surface area contributed by atoms with Gasteiger partial charge in [0.1, 0.15) is 5.75 Å². The minimum Gasteiger partial charge on any atom is -0.497 e. The number of carbonyl (C=O) groups excluding carboxylic acids is 1. The van der Waals surface area contributed by atoms with Gasteiger partial charge in [0.15, 0.2) is 0 Å². The first-order valence-electron chi connectivity index (χ1n) is 11.1. The summed E-state index contributed by atoms with van der Waals surface area (Å²) in [5.74, 6) is 0.988. The number of ether oxygens (including phenoxy) is 1. The van der Waals surface area contributed by atoms with Gasteiger partial charge >= 0.3 is 0 Å². The van der Waals surface area contributed by atoms with Gasteiger partial charge in [-0.3, -0.25) is 9.78 Å². The molecule has 0 radical (unpaired) electrons. The number of hydrogen-bond donors (Lipinski definition) is 2. The van der Waals surface area contributed by atoms with Gasteiger partial charge in [-0.2, -0.15) is 0 Å². The largest absolute Gasteiger partial charge is 0.497 e. The number of fused-ring (bicyclic) bond motifs is 1. The minimum absolute atomic E-state index is 0.0660. The van der Waals surface area contributed by atoms with Crippen molar-refractivity contribution in [1.29, 1.82) is 0 Å². The summed E-state index contributed by atoms with van der Waals surface area (Å²) >= 11 is 0. The molecule has 4 aromatic rings. The van der Waals surface area contributed by atoms with E-state index < -0.39 is 0 Å². The molecule has 0 aliphatic heterocycles. The molecule has 164 valence electrons. The Balaban J connectivity index is 1.48. The zero-order valence-electron chi connectivity index (χ0n) is 18.4. The molecule has 1 amide bonds. The Labute approximate surface area is 188 Å². The molecule has 1 atom stereocenters. The Morgan fingerprint density at radius 3 is 2.69 bits per heavy atom. The second kappa shape index (κ2) is 10.6. The van der Waals surface area contributed by atoms with Crippen LogP contribution in [0, 0.1) is 0 Å². The predicted octanol–water partition coefficient (Wildman–Crippen LogP) is 5.04. The maximum absolute atomic E-state index is 12.8. The number of amides is 1. The van der Waals surface area contributed by atoms with E-state index in [1.807, 2.05) is 42.6 Å². The van der Waals surface area contributed by atoms with E-state index in [2.05, 4.69) is 45.6 Å². The standard InChI is InChI=1S/C27H29N3O2/c1-32-23-12-13-26-24(18-23)25(19-30-26)21(11-10-20-7-3-2-4-8-20)17-27(31)29-16-14-22-9-5-6-15-28-22/h2-9,12-13,15,18-19,21,30H,10-11,14,16-17H2,1H3,(H,29,31)/t21-/m0/s1. The molecule has 32 heavy (non-hydrogen) atoms. The molecule has 4 rings (SSSR count). The van der Waals surface area contributed by atoms with Crippen LogP contribution in [0.15, 0.2) is 79.1 Å². The Bertz CT molecular complexity index is 1140. The van der Waals surface area contributed by atoms with E-state index >= 15 is 0 Å². The Morgan fingerprint density at radius 2 is 1.91 bits per heavy atom. The molecule has 0 unspecified atom stereocenters. The van der Waals surface area contributed by atoms with Gasteiger partial charge in [0.05, 0.1) is 7.11 Å². The number of aromatic amines is 1. The van der Waals surface area contributed by atoms with Crippen molar-refractivity contribution in [3.8, 4) is 5.75 Å². The molecule has 2 aromatic heterocycles.